The van der Waals surface area contributed by atoms with Crippen LogP contribution in [0.3, 0.4) is 0 Å². The van der Waals surface area contributed by atoms with Crippen LogP contribution in [0.4, 0.5) is 0 Å². The fourth-order valence-corrected chi connectivity index (χ4v) is 2.57. The molecule has 0 fully saturated rings. The van der Waals surface area contributed by atoms with E-state index >= 15 is 0 Å². The summed E-state index contributed by atoms with van der Waals surface area (Å²) in [6.45, 7) is 12.1. The molecule has 2 heterocycles. The van der Waals surface area contributed by atoms with Crippen LogP contribution in [-0.2, 0) is 4.79 Å². The minimum Gasteiger partial charge on any atom is -0.355 e. The van der Waals surface area contributed by atoms with Crippen LogP contribution >= 0.6 is 0 Å². The molecule has 0 saturated heterocycles. The number of carbonyl (C=O) groups excluding carboxylic acids is 2. The monoisotopic (exact) mass is 345 g/mol. The SMILES string of the molecule is CCNC(=O)[C@H](C)NC(=O)c1cc(C(C)C)nc2c1cnn2C(C)C. The Labute approximate surface area is 148 Å². The zero-order valence-electron chi connectivity index (χ0n) is 15.8. The summed E-state index contributed by atoms with van der Waals surface area (Å²) in [5, 5.41) is 10.5. The Hall–Kier alpha value is -2.44. The maximum atomic E-state index is 12.8. The summed E-state index contributed by atoms with van der Waals surface area (Å²) in [5.74, 6) is -0.327. The minimum atomic E-state index is -0.613. The molecule has 0 bridgehead atoms. The van der Waals surface area contributed by atoms with E-state index in [0.717, 1.165) is 5.69 Å². The van der Waals surface area contributed by atoms with E-state index in [1.165, 1.54) is 0 Å². The number of aromatic nitrogens is 3. The normalized spacial score (nSPS) is 12.6. The van der Waals surface area contributed by atoms with Crippen molar-refractivity contribution in [1.82, 2.24) is 25.4 Å². The van der Waals surface area contributed by atoms with Gasteiger partial charge < -0.3 is 10.6 Å². The first-order valence-corrected chi connectivity index (χ1v) is 8.72. The minimum absolute atomic E-state index is 0.137. The number of pyridine rings is 1. The summed E-state index contributed by atoms with van der Waals surface area (Å²) in [7, 11) is 0. The van der Waals surface area contributed by atoms with Crippen LogP contribution in [0.25, 0.3) is 11.0 Å². The average Bonchev–Trinajstić information content (AvgIpc) is 2.97. The van der Waals surface area contributed by atoms with Crippen LogP contribution in [0, 0.1) is 0 Å². The smallest absolute Gasteiger partial charge is 0.252 e. The Morgan fingerprint density at radius 3 is 2.44 bits per heavy atom. The standard InChI is InChI=1S/C18H27N5O2/c1-7-19-17(24)12(6)21-18(25)13-8-15(10(2)3)22-16-14(13)9-20-23(16)11(4)5/h8-12H,7H2,1-6H3,(H,19,24)(H,21,25)/t12-/m0/s1. The zero-order chi connectivity index (χ0) is 18.7. The number of hydrogen-bond acceptors (Lipinski definition) is 4. The Kier molecular flexibility index (Phi) is 5.77. The van der Waals surface area contributed by atoms with E-state index in [0.29, 0.717) is 23.1 Å². The number of nitrogens with one attached hydrogen (secondary N) is 2. The van der Waals surface area contributed by atoms with E-state index in [1.807, 2.05) is 39.3 Å². The van der Waals surface area contributed by atoms with Crippen LogP contribution in [0.1, 0.15) is 69.6 Å². The van der Waals surface area contributed by atoms with Gasteiger partial charge in [0.2, 0.25) is 5.91 Å². The maximum Gasteiger partial charge on any atom is 0.252 e. The highest BCUT2D eigenvalue weighted by Crippen LogP contribution is 2.24. The van der Waals surface area contributed by atoms with Crippen molar-refractivity contribution >= 4 is 22.8 Å². The van der Waals surface area contributed by atoms with Gasteiger partial charge >= 0.3 is 0 Å². The van der Waals surface area contributed by atoms with Crippen molar-refractivity contribution in [1.29, 1.82) is 0 Å². The van der Waals surface area contributed by atoms with Gasteiger partial charge in [0, 0.05) is 18.3 Å². The second-order valence-electron chi connectivity index (χ2n) is 6.76. The lowest BCUT2D eigenvalue weighted by Crippen LogP contribution is -2.44. The number of carbonyl (C=O) groups is 2. The lowest BCUT2D eigenvalue weighted by molar-refractivity contribution is -0.122. The molecular formula is C18H27N5O2. The quantitative estimate of drug-likeness (QED) is 0.841. The summed E-state index contributed by atoms with van der Waals surface area (Å²) >= 11 is 0. The predicted octanol–water partition coefficient (Wildman–Crippen LogP) is 2.39. The van der Waals surface area contributed by atoms with E-state index in [9.17, 15) is 9.59 Å². The molecule has 0 unspecified atom stereocenters. The van der Waals surface area contributed by atoms with Gasteiger partial charge in [-0.15, -0.1) is 0 Å². The number of rotatable bonds is 6. The first-order valence-electron chi connectivity index (χ1n) is 8.72. The Morgan fingerprint density at radius 2 is 1.88 bits per heavy atom. The molecule has 0 saturated carbocycles. The van der Waals surface area contributed by atoms with Crippen LogP contribution in [0.15, 0.2) is 12.3 Å². The first kappa shape index (κ1) is 18.9. The molecule has 0 aliphatic carbocycles. The molecule has 2 rings (SSSR count). The second kappa shape index (κ2) is 7.63. The Balaban J connectivity index is 2.45. The predicted molar refractivity (Wildman–Crippen MR) is 97.6 cm³/mol. The number of amides is 2. The largest absolute Gasteiger partial charge is 0.355 e. The second-order valence-corrected chi connectivity index (χ2v) is 6.76. The van der Waals surface area contributed by atoms with E-state index in [-0.39, 0.29) is 23.8 Å². The topological polar surface area (TPSA) is 88.9 Å². The third kappa shape index (κ3) is 3.97. The Morgan fingerprint density at radius 1 is 1.20 bits per heavy atom. The van der Waals surface area contributed by atoms with Gasteiger partial charge in [-0.25, -0.2) is 9.67 Å². The van der Waals surface area contributed by atoms with Gasteiger partial charge in [0.1, 0.15) is 6.04 Å². The van der Waals surface area contributed by atoms with Crippen molar-refractivity contribution < 1.29 is 9.59 Å². The molecule has 25 heavy (non-hydrogen) atoms. The van der Waals surface area contributed by atoms with Crippen LogP contribution in [0.5, 0.6) is 0 Å². The summed E-state index contributed by atoms with van der Waals surface area (Å²) in [5.41, 5.74) is 2.01. The molecule has 2 aromatic rings. The van der Waals surface area contributed by atoms with E-state index < -0.39 is 6.04 Å². The van der Waals surface area contributed by atoms with Gasteiger partial charge in [-0.1, -0.05) is 13.8 Å². The molecular weight excluding hydrogens is 318 g/mol. The molecule has 1 atom stereocenters. The van der Waals surface area contributed by atoms with Crippen LogP contribution in [0.2, 0.25) is 0 Å². The molecule has 2 aromatic heterocycles. The van der Waals surface area contributed by atoms with Crippen molar-refractivity contribution in [2.45, 2.75) is 59.5 Å². The molecule has 2 N–H and O–H groups in total. The van der Waals surface area contributed by atoms with Gasteiger partial charge in [-0.05, 0) is 39.7 Å². The molecule has 0 radical (unpaired) electrons. The number of hydrogen-bond donors (Lipinski definition) is 2. The van der Waals surface area contributed by atoms with E-state index in [1.54, 1.807) is 19.2 Å². The van der Waals surface area contributed by atoms with Crippen LogP contribution in [-0.4, -0.2) is 39.2 Å². The van der Waals surface area contributed by atoms with Crippen molar-refractivity contribution in [3.05, 3.63) is 23.5 Å². The van der Waals surface area contributed by atoms with Crippen molar-refractivity contribution in [3.63, 3.8) is 0 Å². The molecule has 0 aliphatic heterocycles. The van der Waals surface area contributed by atoms with Gasteiger partial charge in [-0.3, -0.25) is 9.59 Å². The number of likely N-dealkylation sites (N-methyl/N-ethyl adjacent to an activating group) is 1. The molecule has 7 heteroatoms. The molecule has 2 amide bonds. The third-order valence-corrected chi connectivity index (χ3v) is 4.00. The zero-order valence-corrected chi connectivity index (χ0v) is 15.8. The number of nitrogens with zero attached hydrogens (tertiary/aromatic N) is 3. The van der Waals surface area contributed by atoms with Gasteiger partial charge in [0.05, 0.1) is 17.1 Å². The van der Waals surface area contributed by atoms with E-state index in [4.69, 9.17) is 0 Å². The lowest BCUT2D eigenvalue weighted by Gasteiger charge is -2.15. The summed E-state index contributed by atoms with van der Waals surface area (Å²) in [4.78, 5) is 29.3. The van der Waals surface area contributed by atoms with Crippen molar-refractivity contribution in [2.24, 2.45) is 0 Å². The number of fused-ring (bicyclic) bond motifs is 1. The molecule has 7 nitrogen and oxygen atoms in total. The first-order chi connectivity index (χ1) is 11.8. The van der Waals surface area contributed by atoms with Gasteiger partial charge in [0.25, 0.3) is 5.91 Å². The molecule has 0 aliphatic rings. The maximum absolute atomic E-state index is 12.8. The summed E-state index contributed by atoms with van der Waals surface area (Å²) < 4.78 is 1.81. The summed E-state index contributed by atoms with van der Waals surface area (Å²) in [6.07, 6.45) is 1.66. The highest BCUT2D eigenvalue weighted by Gasteiger charge is 2.21. The third-order valence-electron chi connectivity index (χ3n) is 4.00. The Bertz CT molecular complexity index is 779. The fourth-order valence-electron chi connectivity index (χ4n) is 2.57. The molecule has 0 spiro atoms. The van der Waals surface area contributed by atoms with Crippen molar-refractivity contribution in [2.75, 3.05) is 6.54 Å². The lowest BCUT2D eigenvalue weighted by atomic mass is 10.0. The van der Waals surface area contributed by atoms with Gasteiger partial charge in [0.15, 0.2) is 5.65 Å². The summed E-state index contributed by atoms with van der Waals surface area (Å²) in [6, 6.07) is 1.31. The highest BCUT2D eigenvalue weighted by molar-refractivity contribution is 6.06. The van der Waals surface area contributed by atoms with Crippen LogP contribution < -0.4 is 10.6 Å². The van der Waals surface area contributed by atoms with E-state index in [2.05, 4.69) is 20.7 Å². The fraction of sp³-hybridized carbons (Fsp3) is 0.556. The molecule has 136 valence electrons. The van der Waals surface area contributed by atoms with Crippen molar-refractivity contribution in [3.8, 4) is 0 Å². The molecule has 0 aromatic carbocycles. The van der Waals surface area contributed by atoms with Gasteiger partial charge in [-0.2, -0.15) is 5.10 Å². The highest BCUT2D eigenvalue weighted by atomic mass is 16.2. The average molecular weight is 345 g/mol.